The molecule has 2 amide bonds. The summed E-state index contributed by atoms with van der Waals surface area (Å²) in [7, 11) is 0. The standard InChI is InChI=1S/C30H40F2N4O3S/c1-4-39-28(37)24-7-8-25(27(31)19-24)21-36(29(38)35-15-17-40-18-16-35)26-9-5-23(6-10-26)20-33-11-13-34(14-12-33)22-30(2,3)32/h5-10,19H,4,11-18,20-22H2,1-3H3. The second kappa shape index (κ2) is 13.8. The van der Waals surface area contributed by atoms with Crippen LogP contribution in [0.2, 0.25) is 0 Å². The van der Waals surface area contributed by atoms with Gasteiger partial charge in [-0.15, -0.1) is 0 Å². The minimum atomic E-state index is -1.19. The average Bonchev–Trinajstić information content (AvgIpc) is 2.93. The number of benzene rings is 2. The van der Waals surface area contributed by atoms with E-state index in [1.54, 1.807) is 31.7 Å². The molecule has 0 atom stereocenters. The third-order valence-corrected chi connectivity index (χ3v) is 8.07. The first kappa shape index (κ1) is 30.3. The molecule has 0 spiro atoms. The first-order valence-electron chi connectivity index (χ1n) is 14.0. The van der Waals surface area contributed by atoms with Crippen molar-refractivity contribution < 1.29 is 23.1 Å². The zero-order chi connectivity index (χ0) is 28.7. The second-order valence-corrected chi connectivity index (χ2v) is 12.2. The number of ether oxygens (including phenoxy) is 1. The summed E-state index contributed by atoms with van der Waals surface area (Å²) in [6, 6.07) is 12.0. The van der Waals surface area contributed by atoms with Crippen LogP contribution in [0.25, 0.3) is 0 Å². The Balaban J connectivity index is 1.46. The topological polar surface area (TPSA) is 56.3 Å². The number of thioether (sulfide) groups is 1. The van der Waals surface area contributed by atoms with E-state index in [0.717, 1.165) is 49.8 Å². The summed E-state index contributed by atoms with van der Waals surface area (Å²) < 4.78 is 34.1. The smallest absolute Gasteiger partial charge is 0.338 e. The molecule has 0 bridgehead atoms. The van der Waals surface area contributed by atoms with Crippen LogP contribution in [-0.4, -0.2) is 96.3 Å². The molecule has 218 valence electrons. The van der Waals surface area contributed by atoms with Gasteiger partial charge in [0.05, 0.1) is 18.7 Å². The van der Waals surface area contributed by atoms with E-state index in [1.165, 1.54) is 12.1 Å². The molecule has 40 heavy (non-hydrogen) atoms. The SMILES string of the molecule is CCOC(=O)c1ccc(CN(C(=O)N2CCSCC2)c2ccc(CN3CCN(CC(C)(C)F)CC3)cc2)c(F)c1. The minimum absolute atomic E-state index is 0.0453. The van der Waals surface area contributed by atoms with Gasteiger partial charge in [-0.05, 0) is 50.6 Å². The van der Waals surface area contributed by atoms with Crippen molar-refractivity contribution in [2.24, 2.45) is 0 Å². The molecule has 2 saturated heterocycles. The van der Waals surface area contributed by atoms with Gasteiger partial charge in [0, 0.05) is 75.1 Å². The summed E-state index contributed by atoms with van der Waals surface area (Å²) in [5.41, 5.74) is 1.09. The molecule has 0 saturated carbocycles. The zero-order valence-corrected chi connectivity index (χ0v) is 24.5. The Labute approximate surface area is 240 Å². The van der Waals surface area contributed by atoms with Crippen molar-refractivity contribution in [2.45, 2.75) is 39.5 Å². The molecule has 10 heteroatoms. The summed E-state index contributed by atoms with van der Waals surface area (Å²) >= 11 is 1.82. The predicted octanol–water partition coefficient (Wildman–Crippen LogP) is 5.04. The van der Waals surface area contributed by atoms with Gasteiger partial charge in [0.1, 0.15) is 11.5 Å². The molecular formula is C30H40F2N4O3S. The first-order valence-corrected chi connectivity index (χ1v) is 15.1. The van der Waals surface area contributed by atoms with Crippen molar-refractivity contribution in [3.63, 3.8) is 0 Å². The summed E-state index contributed by atoms with van der Waals surface area (Å²) in [4.78, 5) is 33.6. The van der Waals surface area contributed by atoms with Gasteiger partial charge in [-0.2, -0.15) is 11.8 Å². The number of hydrogen-bond donors (Lipinski definition) is 0. The van der Waals surface area contributed by atoms with Gasteiger partial charge in [-0.3, -0.25) is 14.7 Å². The van der Waals surface area contributed by atoms with Crippen molar-refractivity contribution in [3.8, 4) is 0 Å². The number of nitrogens with zero attached hydrogens (tertiary/aromatic N) is 4. The fourth-order valence-corrected chi connectivity index (χ4v) is 5.96. The van der Waals surface area contributed by atoms with Crippen LogP contribution in [0.15, 0.2) is 42.5 Å². The lowest BCUT2D eigenvalue weighted by Gasteiger charge is -2.36. The highest BCUT2D eigenvalue weighted by Crippen LogP contribution is 2.24. The summed E-state index contributed by atoms with van der Waals surface area (Å²) in [6.45, 7) is 11.1. The van der Waals surface area contributed by atoms with Crippen LogP contribution < -0.4 is 4.90 Å². The van der Waals surface area contributed by atoms with Crippen LogP contribution in [-0.2, 0) is 17.8 Å². The molecule has 4 rings (SSSR count). The number of piperazine rings is 1. The lowest BCUT2D eigenvalue weighted by Crippen LogP contribution is -2.49. The number of hydrogen-bond acceptors (Lipinski definition) is 6. The number of carbonyl (C=O) groups is 2. The molecule has 0 radical (unpaired) electrons. The highest BCUT2D eigenvalue weighted by atomic mass is 32.2. The van der Waals surface area contributed by atoms with E-state index in [9.17, 15) is 14.0 Å². The number of urea groups is 1. The van der Waals surface area contributed by atoms with Gasteiger partial charge >= 0.3 is 12.0 Å². The van der Waals surface area contributed by atoms with E-state index in [0.29, 0.717) is 30.9 Å². The molecule has 2 aromatic carbocycles. The van der Waals surface area contributed by atoms with Crippen molar-refractivity contribution in [3.05, 3.63) is 65.0 Å². The van der Waals surface area contributed by atoms with E-state index in [-0.39, 0.29) is 24.7 Å². The molecule has 0 N–H and O–H groups in total. The summed E-state index contributed by atoms with van der Waals surface area (Å²) in [5, 5.41) is 0. The monoisotopic (exact) mass is 574 g/mol. The van der Waals surface area contributed by atoms with E-state index in [4.69, 9.17) is 4.74 Å². The average molecular weight is 575 g/mol. The molecule has 7 nitrogen and oxygen atoms in total. The Morgan fingerprint density at radius 1 is 0.975 bits per heavy atom. The van der Waals surface area contributed by atoms with Crippen LogP contribution in [0, 0.1) is 5.82 Å². The van der Waals surface area contributed by atoms with Gasteiger partial charge in [0.15, 0.2) is 0 Å². The summed E-state index contributed by atoms with van der Waals surface area (Å²) in [5.74, 6) is 0.619. The van der Waals surface area contributed by atoms with Crippen molar-refractivity contribution in [1.82, 2.24) is 14.7 Å². The fourth-order valence-electron chi connectivity index (χ4n) is 5.06. The van der Waals surface area contributed by atoms with Crippen LogP contribution >= 0.6 is 11.8 Å². The Kier molecular flexibility index (Phi) is 10.4. The Morgan fingerprint density at radius 2 is 1.62 bits per heavy atom. The zero-order valence-electron chi connectivity index (χ0n) is 23.7. The molecule has 2 aliphatic heterocycles. The lowest BCUT2D eigenvalue weighted by atomic mass is 10.1. The van der Waals surface area contributed by atoms with Gasteiger partial charge in [-0.25, -0.2) is 18.4 Å². The molecule has 0 aromatic heterocycles. The maximum absolute atomic E-state index is 15.1. The Hall–Kier alpha value is -2.69. The van der Waals surface area contributed by atoms with E-state index in [2.05, 4.69) is 9.80 Å². The normalized spacial score (nSPS) is 17.1. The van der Waals surface area contributed by atoms with Crippen LogP contribution in [0.5, 0.6) is 0 Å². The van der Waals surface area contributed by atoms with E-state index < -0.39 is 17.5 Å². The number of alkyl halides is 1. The van der Waals surface area contributed by atoms with Crippen LogP contribution in [0.3, 0.4) is 0 Å². The van der Waals surface area contributed by atoms with Gasteiger partial charge in [0.25, 0.3) is 0 Å². The number of esters is 1. The fraction of sp³-hybridized carbons (Fsp3) is 0.533. The molecule has 2 aromatic rings. The molecule has 0 aliphatic carbocycles. The molecular weight excluding hydrogens is 534 g/mol. The quantitative estimate of drug-likeness (QED) is 0.391. The van der Waals surface area contributed by atoms with E-state index >= 15 is 4.39 Å². The number of amides is 2. The van der Waals surface area contributed by atoms with E-state index in [1.807, 2.05) is 40.9 Å². The van der Waals surface area contributed by atoms with Gasteiger partial charge < -0.3 is 9.64 Å². The summed E-state index contributed by atoms with van der Waals surface area (Å²) in [6.07, 6.45) is 0. The maximum atomic E-state index is 15.1. The first-order chi connectivity index (χ1) is 19.1. The highest BCUT2D eigenvalue weighted by molar-refractivity contribution is 7.99. The maximum Gasteiger partial charge on any atom is 0.338 e. The molecule has 2 heterocycles. The number of halogens is 2. The Morgan fingerprint density at radius 3 is 2.23 bits per heavy atom. The third kappa shape index (κ3) is 8.41. The van der Waals surface area contributed by atoms with Gasteiger partial charge in [-0.1, -0.05) is 18.2 Å². The lowest BCUT2D eigenvalue weighted by molar-refractivity contribution is 0.0525. The van der Waals surface area contributed by atoms with Crippen molar-refractivity contribution >= 4 is 29.4 Å². The third-order valence-electron chi connectivity index (χ3n) is 7.12. The molecule has 2 fully saturated rings. The number of carbonyl (C=O) groups excluding carboxylic acids is 2. The Bertz CT molecular complexity index is 1140. The van der Waals surface area contributed by atoms with Crippen LogP contribution in [0.4, 0.5) is 19.3 Å². The number of rotatable bonds is 9. The minimum Gasteiger partial charge on any atom is -0.462 e. The second-order valence-electron chi connectivity index (χ2n) is 10.9. The van der Waals surface area contributed by atoms with Crippen LogP contribution in [0.1, 0.15) is 42.3 Å². The van der Waals surface area contributed by atoms with Crippen molar-refractivity contribution in [1.29, 1.82) is 0 Å². The predicted molar refractivity (Wildman–Crippen MR) is 156 cm³/mol. The highest BCUT2D eigenvalue weighted by Gasteiger charge is 2.27. The molecule has 2 aliphatic rings. The van der Waals surface area contributed by atoms with Gasteiger partial charge in [0.2, 0.25) is 0 Å². The van der Waals surface area contributed by atoms with Crippen molar-refractivity contribution in [2.75, 3.05) is 68.8 Å². The number of anilines is 1. The largest absolute Gasteiger partial charge is 0.462 e. The molecule has 0 unspecified atom stereocenters.